The van der Waals surface area contributed by atoms with Crippen LogP contribution in [0.4, 0.5) is 0 Å². The first kappa shape index (κ1) is 7.07. The van der Waals surface area contributed by atoms with E-state index in [1.807, 2.05) is 0 Å². The second kappa shape index (κ2) is 4.80. The minimum atomic E-state index is 1.19. The van der Waals surface area contributed by atoms with Gasteiger partial charge in [0.1, 0.15) is 0 Å². The molecule has 0 unspecified atom stereocenters. The fraction of sp³-hybridized carbons (Fsp3) is 0.875. The molecule has 1 fully saturated rings. The quantitative estimate of drug-likeness (QED) is 0.524. The predicted molar refractivity (Wildman–Crippen MR) is 40.0 cm³/mol. The van der Waals surface area contributed by atoms with Gasteiger partial charge < -0.3 is 5.32 Å². The zero-order valence-electron chi connectivity index (χ0n) is 6.03. The van der Waals surface area contributed by atoms with Crippen LogP contribution in [0.25, 0.3) is 0 Å². The van der Waals surface area contributed by atoms with Gasteiger partial charge in [-0.25, -0.2) is 0 Å². The predicted octanol–water partition coefficient (Wildman–Crippen LogP) is 2.09. The first-order chi connectivity index (χ1) is 4.50. The topological polar surface area (TPSA) is 12.0 Å². The Balaban J connectivity index is 2.02. The maximum Gasteiger partial charge on any atom is 0.0221 e. The second-order valence-electron chi connectivity index (χ2n) is 2.71. The lowest BCUT2D eigenvalue weighted by atomic mass is 10.1. The van der Waals surface area contributed by atoms with Gasteiger partial charge in [0.2, 0.25) is 0 Å². The van der Waals surface area contributed by atoms with Gasteiger partial charge in [-0.15, -0.1) is 0 Å². The fourth-order valence-corrected chi connectivity index (χ4v) is 1.21. The fourth-order valence-electron chi connectivity index (χ4n) is 1.21. The summed E-state index contributed by atoms with van der Waals surface area (Å²) in [4.78, 5) is 0. The van der Waals surface area contributed by atoms with Gasteiger partial charge in [-0.1, -0.05) is 25.7 Å². The van der Waals surface area contributed by atoms with E-state index in [4.69, 9.17) is 0 Å². The lowest BCUT2D eigenvalue weighted by molar-refractivity contribution is 0.635. The summed E-state index contributed by atoms with van der Waals surface area (Å²) >= 11 is 0. The summed E-state index contributed by atoms with van der Waals surface area (Å²) < 4.78 is 0. The van der Waals surface area contributed by atoms with Crippen molar-refractivity contribution in [3.8, 4) is 0 Å². The molecule has 1 aliphatic rings. The van der Waals surface area contributed by atoms with Crippen molar-refractivity contribution in [2.75, 3.05) is 6.54 Å². The molecule has 0 atom stereocenters. The molecule has 0 spiro atoms. The number of rotatable bonds is 0. The van der Waals surface area contributed by atoms with E-state index < -0.39 is 0 Å². The van der Waals surface area contributed by atoms with E-state index in [0.717, 1.165) is 0 Å². The van der Waals surface area contributed by atoms with Gasteiger partial charge in [0, 0.05) is 6.54 Å². The van der Waals surface area contributed by atoms with Crippen molar-refractivity contribution in [1.82, 2.24) is 5.32 Å². The van der Waals surface area contributed by atoms with Crippen molar-refractivity contribution < 1.29 is 0 Å². The van der Waals surface area contributed by atoms with Crippen LogP contribution in [0.5, 0.6) is 0 Å². The van der Waals surface area contributed by atoms with E-state index in [-0.39, 0.29) is 0 Å². The van der Waals surface area contributed by atoms with Crippen LogP contribution in [0.3, 0.4) is 0 Å². The molecular formula is C8H16N. The third-order valence-electron chi connectivity index (χ3n) is 1.81. The van der Waals surface area contributed by atoms with Gasteiger partial charge in [-0.2, -0.15) is 0 Å². The SMILES string of the molecule is [CH]1CCCCCCCN1. The van der Waals surface area contributed by atoms with E-state index in [1.165, 1.54) is 45.1 Å². The van der Waals surface area contributed by atoms with Crippen molar-refractivity contribution in [3.63, 3.8) is 0 Å². The molecule has 0 aromatic carbocycles. The molecule has 0 aromatic rings. The standard InChI is InChI=1S/C8H16N/c1-2-4-6-8-9-7-5-3-1/h7,9H,1-6,8H2. The number of nitrogens with one attached hydrogen (secondary N) is 1. The maximum absolute atomic E-state index is 3.30. The Morgan fingerprint density at radius 3 is 2.67 bits per heavy atom. The summed E-state index contributed by atoms with van der Waals surface area (Å²) in [5.41, 5.74) is 0. The summed E-state index contributed by atoms with van der Waals surface area (Å²) in [7, 11) is 0. The highest BCUT2D eigenvalue weighted by molar-refractivity contribution is 4.64. The van der Waals surface area contributed by atoms with Crippen LogP contribution >= 0.6 is 0 Å². The van der Waals surface area contributed by atoms with Crippen LogP contribution in [0, 0.1) is 6.54 Å². The van der Waals surface area contributed by atoms with Crippen LogP contribution in [0.15, 0.2) is 0 Å². The minimum Gasteiger partial charge on any atom is -0.312 e. The van der Waals surface area contributed by atoms with Gasteiger partial charge >= 0.3 is 0 Å². The van der Waals surface area contributed by atoms with Crippen LogP contribution in [0.2, 0.25) is 0 Å². The molecule has 0 amide bonds. The second-order valence-corrected chi connectivity index (χ2v) is 2.71. The Morgan fingerprint density at radius 1 is 0.889 bits per heavy atom. The zero-order valence-corrected chi connectivity index (χ0v) is 6.03. The van der Waals surface area contributed by atoms with Crippen molar-refractivity contribution in [2.24, 2.45) is 0 Å². The Morgan fingerprint density at radius 2 is 1.67 bits per heavy atom. The van der Waals surface area contributed by atoms with Crippen LogP contribution in [-0.4, -0.2) is 6.54 Å². The molecule has 1 heterocycles. The Bertz CT molecular complexity index is 33.1. The monoisotopic (exact) mass is 126 g/mol. The summed E-state index contributed by atoms with van der Waals surface area (Å²) in [5, 5.41) is 3.30. The first-order valence-corrected chi connectivity index (χ1v) is 4.05. The van der Waals surface area contributed by atoms with Crippen LogP contribution in [0.1, 0.15) is 38.5 Å². The van der Waals surface area contributed by atoms with Crippen molar-refractivity contribution in [2.45, 2.75) is 38.5 Å². The lowest BCUT2D eigenvalue weighted by Crippen LogP contribution is -2.10. The molecule has 9 heavy (non-hydrogen) atoms. The molecule has 0 saturated carbocycles. The molecular weight excluding hydrogens is 110 g/mol. The molecule has 1 nitrogen and oxygen atoms in total. The van der Waals surface area contributed by atoms with Crippen molar-refractivity contribution >= 4 is 0 Å². The molecule has 53 valence electrons. The normalized spacial score (nSPS) is 24.0. The summed E-state index contributed by atoms with van der Waals surface area (Å²) in [5.74, 6) is 0. The van der Waals surface area contributed by atoms with Crippen LogP contribution < -0.4 is 5.32 Å². The molecule has 0 bridgehead atoms. The maximum atomic E-state index is 3.30. The zero-order chi connectivity index (χ0) is 6.36. The van der Waals surface area contributed by atoms with Crippen LogP contribution in [-0.2, 0) is 0 Å². The van der Waals surface area contributed by atoms with E-state index in [2.05, 4.69) is 11.9 Å². The highest BCUT2D eigenvalue weighted by Crippen LogP contribution is 2.07. The third kappa shape index (κ3) is 3.52. The average Bonchev–Trinajstić information content (AvgIpc) is 2.00. The van der Waals surface area contributed by atoms with Crippen molar-refractivity contribution in [3.05, 3.63) is 6.54 Å². The average molecular weight is 126 g/mol. The number of hydrogen-bond donors (Lipinski definition) is 1. The van der Waals surface area contributed by atoms with E-state index in [0.29, 0.717) is 0 Å². The van der Waals surface area contributed by atoms with E-state index in [9.17, 15) is 0 Å². The minimum absolute atomic E-state index is 1.19. The lowest BCUT2D eigenvalue weighted by Gasteiger charge is -1.97. The highest BCUT2D eigenvalue weighted by atomic mass is 14.8. The van der Waals surface area contributed by atoms with E-state index in [1.54, 1.807) is 0 Å². The molecule has 1 rings (SSSR count). The Kier molecular flexibility index (Phi) is 3.77. The molecule has 0 aliphatic carbocycles. The summed E-state index contributed by atoms with van der Waals surface area (Å²) in [6.45, 7) is 3.41. The molecule has 1 N–H and O–H groups in total. The smallest absolute Gasteiger partial charge is 0.0221 e. The van der Waals surface area contributed by atoms with Crippen molar-refractivity contribution in [1.29, 1.82) is 0 Å². The van der Waals surface area contributed by atoms with E-state index >= 15 is 0 Å². The molecule has 1 heteroatoms. The number of hydrogen-bond acceptors (Lipinski definition) is 1. The summed E-state index contributed by atoms with van der Waals surface area (Å²) in [6.07, 6.45) is 8.29. The first-order valence-electron chi connectivity index (χ1n) is 4.05. The molecule has 1 aliphatic heterocycles. The Hall–Kier alpha value is -0.0400. The Labute approximate surface area is 57.8 Å². The molecule has 1 saturated heterocycles. The van der Waals surface area contributed by atoms with Gasteiger partial charge in [0.25, 0.3) is 0 Å². The molecule has 1 radical (unpaired) electrons. The van der Waals surface area contributed by atoms with Gasteiger partial charge in [0.15, 0.2) is 0 Å². The van der Waals surface area contributed by atoms with Gasteiger partial charge in [-0.05, 0) is 19.4 Å². The molecule has 0 aromatic heterocycles. The third-order valence-corrected chi connectivity index (χ3v) is 1.81. The summed E-state index contributed by atoms with van der Waals surface area (Å²) in [6, 6.07) is 0. The van der Waals surface area contributed by atoms with Gasteiger partial charge in [-0.3, -0.25) is 0 Å². The van der Waals surface area contributed by atoms with Gasteiger partial charge in [0.05, 0.1) is 0 Å². The highest BCUT2D eigenvalue weighted by Gasteiger charge is 1.94. The largest absolute Gasteiger partial charge is 0.312 e.